The Bertz CT molecular complexity index is 614. The maximum atomic E-state index is 6.00. The van der Waals surface area contributed by atoms with Gasteiger partial charge in [0, 0.05) is 47.1 Å². The molecule has 116 valence electrons. The second kappa shape index (κ2) is 8.32. The lowest BCUT2D eigenvalue weighted by atomic mass is 10.2. The van der Waals surface area contributed by atoms with Crippen LogP contribution < -0.4 is 5.32 Å². The van der Waals surface area contributed by atoms with Gasteiger partial charge in [-0.15, -0.1) is 0 Å². The number of thiocarbonyl (C=S) groups is 1. The molecule has 0 aliphatic rings. The summed E-state index contributed by atoms with van der Waals surface area (Å²) >= 11 is 17.5. The highest BCUT2D eigenvalue weighted by Crippen LogP contribution is 2.22. The summed E-state index contributed by atoms with van der Waals surface area (Å²) in [6, 6.07) is 11.2. The van der Waals surface area contributed by atoms with Gasteiger partial charge in [-0.3, -0.25) is 4.98 Å². The van der Waals surface area contributed by atoms with Crippen LogP contribution in [0.4, 0.5) is 5.69 Å². The lowest BCUT2D eigenvalue weighted by molar-refractivity contribution is 0.449. The Morgan fingerprint density at radius 1 is 1.23 bits per heavy atom. The Kier molecular flexibility index (Phi) is 6.43. The van der Waals surface area contributed by atoms with Crippen LogP contribution in [0.2, 0.25) is 10.0 Å². The third-order valence-electron chi connectivity index (χ3n) is 3.15. The maximum Gasteiger partial charge on any atom is 0.173 e. The van der Waals surface area contributed by atoms with E-state index in [-0.39, 0.29) is 0 Å². The van der Waals surface area contributed by atoms with Crippen molar-refractivity contribution in [1.29, 1.82) is 0 Å². The molecule has 0 saturated carbocycles. The Balaban J connectivity index is 1.96. The molecule has 1 aromatic heterocycles. The fraction of sp³-hybridized carbons (Fsp3) is 0.250. The second-order valence-corrected chi connectivity index (χ2v) is 6.00. The molecule has 1 heterocycles. The van der Waals surface area contributed by atoms with Crippen LogP contribution in [0, 0.1) is 0 Å². The summed E-state index contributed by atoms with van der Waals surface area (Å²) in [5, 5.41) is 4.98. The number of benzene rings is 1. The van der Waals surface area contributed by atoms with Gasteiger partial charge in [0.2, 0.25) is 0 Å². The zero-order chi connectivity index (χ0) is 15.9. The van der Waals surface area contributed by atoms with E-state index in [1.807, 2.05) is 18.2 Å². The topological polar surface area (TPSA) is 28.2 Å². The van der Waals surface area contributed by atoms with Crippen LogP contribution in [0.5, 0.6) is 0 Å². The predicted octanol–water partition coefficient (Wildman–Crippen LogP) is 4.65. The minimum atomic E-state index is 0.578. The first kappa shape index (κ1) is 17.0. The molecule has 2 rings (SSSR count). The van der Waals surface area contributed by atoms with Crippen LogP contribution in [0.1, 0.15) is 12.6 Å². The number of rotatable bonds is 5. The Morgan fingerprint density at radius 2 is 1.95 bits per heavy atom. The maximum absolute atomic E-state index is 6.00. The predicted molar refractivity (Wildman–Crippen MR) is 97.9 cm³/mol. The highest BCUT2D eigenvalue weighted by atomic mass is 35.5. The largest absolute Gasteiger partial charge is 0.349 e. The molecule has 0 atom stereocenters. The lowest BCUT2D eigenvalue weighted by Gasteiger charge is -2.24. The number of nitrogens with zero attached hydrogens (tertiary/aromatic N) is 2. The van der Waals surface area contributed by atoms with Gasteiger partial charge < -0.3 is 10.2 Å². The molecule has 2 aromatic rings. The third kappa shape index (κ3) is 5.13. The van der Waals surface area contributed by atoms with Crippen molar-refractivity contribution in [2.24, 2.45) is 0 Å². The number of halogens is 2. The van der Waals surface area contributed by atoms with Gasteiger partial charge in [-0.05, 0) is 49.5 Å². The normalized spacial score (nSPS) is 10.3. The molecule has 0 amide bonds. The number of pyridine rings is 1. The Labute approximate surface area is 146 Å². The van der Waals surface area contributed by atoms with Gasteiger partial charge in [-0.25, -0.2) is 0 Å². The molecule has 1 aromatic carbocycles. The SMILES string of the molecule is CCN(CCc1ccccn1)C(=S)Nc1cc(Cl)cc(Cl)c1. The molecule has 0 bridgehead atoms. The monoisotopic (exact) mass is 353 g/mol. The molecule has 0 aliphatic carbocycles. The zero-order valence-corrected chi connectivity index (χ0v) is 14.5. The van der Waals surface area contributed by atoms with Gasteiger partial charge in [0.25, 0.3) is 0 Å². The van der Waals surface area contributed by atoms with Crippen molar-refractivity contribution in [3.05, 3.63) is 58.3 Å². The molecular formula is C16H17Cl2N3S. The molecule has 1 N–H and O–H groups in total. The minimum absolute atomic E-state index is 0.578. The van der Waals surface area contributed by atoms with Crippen molar-refractivity contribution in [1.82, 2.24) is 9.88 Å². The molecular weight excluding hydrogens is 337 g/mol. The Morgan fingerprint density at radius 3 is 2.55 bits per heavy atom. The first-order valence-corrected chi connectivity index (χ1v) is 8.17. The van der Waals surface area contributed by atoms with E-state index in [4.69, 9.17) is 35.4 Å². The van der Waals surface area contributed by atoms with E-state index in [2.05, 4.69) is 22.1 Å². The molecule has 0 spiro atoms. The summed E-state index contributed by atoms with van der Waals surface area (Å²) in [5.41, 5.74) is 1.84. The van der Waals surface area contributed by atoms with Crippen LogP contribution in [-0.4, -0.2) is 28.1 Å². The third-order valence-corrected chi connectivity index (χ3v) is 3.94. The summed E-state index contributed by atoms with van der Waals surface area (Å²) < 4.78 is 0. The van der Waals surface area contributed by atoms with Crippen LogP contribution in [0.3, 0.4) is 0 Å². The lowest BCUT2D eigenvalue weighted by Crippen LogP contribution is -2.36. The number of hydrogen-bond donors (Lipinski definition) is 1. The van der Waals surface area contributed by atoms with E-state index in [0.29, 0.717) is 15.2 Å². The van der Waals surface area contributed by atoms with E-state index in [1.54, 1.807) is 24.4 Å². The van der Waals surface area contributed by atoms with Crippen LogP contribution >= 0.6 is 35.4 Å². The first-order chi connectivity index (χ1) is 10.6. The number of aromatic nitrogens is 1. The van der Waals surface area contributed by atoms with Gasteiger partial charge in [-0.1, -0.05) is 29.3 Å². The number of hydrogen-bond acceptors (Lipinski definition) is 2. The van der Waals surface area contributed by atoms with Crippen molar-refractivity contribution < 1.29 is 0 Å². The average molecular weight is 354 g/mol. The van der Waals surface area contributed by atoms with Gasteiger partial charge in [0.1, 0.15) is 0 Å². The van der Waals surface area contributed by atoms with E-state index >= 15 is 0 Å². The van der Waals surface area contributed by atoms with E-state index < -0.39 is 0 Å². The molecule has 0 saturated heterocycles. The molecule has 6 heteroatoms. The molecule has 0 unspecified atom stereocenters. The van der Waals surface area contributed by atoms with Gasteiger partial charge in [0.05, 0.1) is 0 Å². The fourth-order valence-electron chi connectivity index (χ4n) is 2.03. The summed E-state index contributed by atoms with van der Waals surface area (Å²) in [6.07, 6.45) is 2.64. The minimum Gasteiger partial charge on any atom is -0.349 e. The molecule has 0 radical (unpaired) electrons. The van der Waals surface area contributed by atoms with Crippen molar-refractivity contribution in [3.63, 3.8) is 0 Å². The first-order valence-electron chi connectivity index (χ1n) is 7.00. The highest BCUT2D eigenvalue weighted by Gasteiger charge is 2.09. The van der Waals surface area contributed by atoms with Crippen molar-refractivity contribution >= 4 is 46.2 Å². The fourth-order valence-corrected chi connectivity index (χ4v) is 2.89. The summed E-state index contributed by atoms with van der Waals surface area (Å²) in [4.78, 5) is 6.41. The molecule has 3 nitrogen and oxygen atoms in total. The highest BCUT2D eigenvalue weighted by molar-refractivity contribution is 7.80. The van der Waals surface area contributed by atoms with Crippen LogP contribution in [0.15, 0.2) is 42.6 Å². The van der Waals surface area contributed by atoms with Gasteiger partial charge in [-0.2, -0.15) is 0 Å². The van der Waals surface area contributed by atoms with E-state index in [1.165, 1.54) is 0 Å². The van der Waals surface area contributed by atoms with E-state index in [0.717, 1.165) is 30.9 Å². The summed E-state index contributed by atoms with van der Waals surface area (Å²) in [7, 11) is 0. The second-order valence-electron chi connectivity index (χ2n) is 4.74. The zero-order valence-electron chi connectivity index (χ0n) is 12.2. The van der Waals surface area contributed by atoms with Gasteiger partial charge >= 0.3 is 0 Å². The van der Waals surface area contributed by atoms with E-state index in [9.17, 15) is 0 Å². The number of nitrogens with one attached hydrogen (secondary N) is 1. The quantitative estimate of drug-likeness (QED) is 0.791. The van der Waals surface area contributed by atoms with Gasteiger partial charge in [0.15, 0.2) is 5.11 Å². The number of anilines is 1. The Hall–Kier alpha value is -1.36. The van der Waals surface area contributed by atoms with Crippen molar-refractivity contribution in [2.45, 2.75) is 13.3 Å². The standard InChI is InChI=1S/C16H17Cl2N3S/c1-2-21(8-6-14-5-3-4-7-19-14)16(22)20-15-10-12(17)9-13(18)11-15/h3-5,7,9-11H,2,6,8H2,1H3,(H,20,22). The van der Waals surface area contributed by atoms with Crippen molar-refractivity contribution in [2.75, 3.05) is 18.4 Å². The molecule has 0 fully saturated rings. The van der Waals surface area contributed by atoms with Crippen LogP contribution in [0.25, 0.3) is 0 Å². The molecule has 0 aliphatic heterocycles. The smallest absolute Gasteiger partial charge is 0.173 e. The number of likely N-dealkylation sites (N-methyl/N-ethyl adjacent to an activating group) is 1. The van der Waals surface area contributed by atoms with Crippen LogP contribution in [-0.2, 0) is 6.42 Å². The summed E-state index contributed by atoms with van der Waals surface area (Å²) in [6.45, 7) is 3.68. The van der Waals surface area contributed by atoms with Crippen molar-refractivity contribution in [3.8, 4) is 0 Å². The summed E-state index contributed by atoms with van der Waals surface area (Å²) in [5.74, 6) is 0. The average Bonchev–Trinajstić information content (AvgIpc) is 2.47. The molecule has 22 heavy (non-hydrogen) atoms.